The molecule has 1 unspecified atom stereocenters. The molecule has 0 radical (unpaired) electrons. The number of urea groups is 1. The van der Waals surface area contributed by atoms with Gasteiger partial charge in [-0.25, -0.2) is 4.79 Å². The van der Waals surface area contributed by atoms with E-state index in [1.807, 2.05) is 25.1 Å². The number of carbonyl (C=O) groups excluding carboxylic acids is 2. The second-order valence-corrected chi connectivity index (χ2v) is 6.75. The minimum Gasteiger partial charge on any atom is -0.355 e. The van der Waals surface area contributed by atoms with Gasteiger partial charge in [0.15, 0.2) is 11.4 Å². The summed E-state index contributed by atoms with van der Waals surface area (Å²) in [6, 6.07) is 7.08. The van der Waals surface area contributed by atoms with Crippen LogP contribution in [0.2, 0.25) is 0 Å². The van der Waals surface area contributed by atoms with E-state index in [-0.39, 0.29) is 11.8 Å². The van der Waals surface area contributed by atoms with Crippen LogP contribution in [0.4, 0.5) is 10.6 Å². The first kappa shape index (κ1) is 16.4. The molecule has 26 heavy (non-hydrogen) atoms. The number of piperidine rings is 1. The molecule has 8 heteroatoms. The van der Waals surface area contributed by atoms with Crippen LogP contribution in [0.1, 0.15) is 24.1 Å². The van der Waals surface area contributed by atoms with Gasteiger partial charge in [-0.15, -0.1) is 5.10 Å². The van der Waals surface area contributed by atoms with E-state index in [9.17, 15) is 9.59 Å². The van der Waals surface area contributed by atoms with Crippen LogP contribution in [0, 0.1) is 12.8 Å². The van der Waals surface area contributed by atoms with Gasteiger partial charge in [-0.3, -0.25) is 15.1 Å². The van der Waals surface area contributed by atoms with Crippen LogP contribution >= 0.6 is 0 Å². The predicted molar refractivity (Wildman–Crippen MR) is 94.3 cm³/mol. The molecular weight excluding hydrogens is 332 g/mol. The average Bonchev–Trinajstić information content (AvgIpc) is 2.98. The Balaban J connectivity index is 1.58. The molecule has 2 fully saturated rings. The fraction of sp³-hybridized carbons (Fsp3) is 0.389. The van der Waals surface area contributed by atoms with Crippen LogP contribution in [0.25, 0.3) is 0 Å². The predicted octanol–water partition coefficient (Wildman–Crippen LogP) is 1.13. The lowest BCUT2D eigenvalue weighted by Gasteiger charge is -2.40. The maximum atomic E-state index is 12.7. The van der Waals surface area contributed by atoms with Gasteiger partial charge in [0.25, 0.3) is 5.91 Å². The zero-order valence-corrected chi connectivity index (χ0v) is 14.5. The molecule has 2 aliphatic rings. The number of rotatable bonds is 3. The van der Waals surface area contributed by atoms with Gasteiger partial charge in [-0.2, -0.15) is 5.10 Å². The number of hydrogen-bond donors (Lipinski definition) is 2. The summed E-state index contributed by atoms with van der Waals surface area (Å²) in [5, 5.41) is 13.6. The third-order valence-corrected chi connectivity index (χ3v) is 5.23. The lowest BCUT2D eigenvalue weighted by molar-refractivity contribution is -0.126. The van der Waals surface area contributed by atoms with Crippen LogP contribution < -0.4 is 15.5 Å². The Hall–Kier alpha value is -3.03. The molecule has 0 aromatic carbocycles. The van der Waals surface area contributed by atoms with E-state index in [2.05, 4.69) is 30.7 Å². The topological polar surface area (TPSA) is 100 Å². The number of nitrogens with one attached hydrogen (secondary N) is 2. The Labute approximate surface area is 151 Å². The Morgan fingerprint density at radius 2 is 1.96 bits per heavy atom. The highest BCUT2D eigenvalue weighted by molar-refractivity contribution is 6.07. The van der Waals surface area contributed by atoms with E-state index in [1.54, 1.807) is 18.5 Å². The minimum atomic E-state index is -1.06. The summed E-state index contributed by atoms with van der Waals surface area (Å²) in [4.78, 5) is 30.9. The normalized spacial score (nSPS) is 23.7. The molecule has 3 amide bonds. The van der Waals surface area contributed by atoms with E-state index in [1.165, 1.54) is 0 Å². The van der Waals surface area contributed by atoms with Crippen molar-refractivity contribution in [2.45, 2.75) is 25.3 Å². The maximum absolute atomic E-state index is 12.7. The molecule has 4 rings (SSSR count). The van der Waals surface area contributed by atoms with Crippen LogP contribution in [0.5, 0.6) is 0 Å². The molecule has 1 atom stereocenters. The zero-order valence-electron chi connectivity index (χ0n) is 14.5. The standard InChI is InChI=1S/C18H20N6O2/c1-12-4-5-15(23-22-12)24-9-6-13(7-10-24)18(14-3-2-8-19-11-14)16(25)20-17(26)21-18/h2-5,8,11,13H,6-7,9-10H2,1H3,(H2,20,21,25,26). The molecule has 0 spiro atoms. The van der Waals surface area contributed by atoms with Gasteiger partial charge in [-0.1, -0.05) is 6.07 Å². The zero-order chi connectivity index (χ0) is 18.1. The van der Waals surface area contributed by atoms with Crippen LogP contribution in [-0.2, 0) is 10.3 Å². The molecule has 134 valence electrons. The molecule has 2 aromatic rings. The van der Waals surface area contributed by atoms with E-state index >= 15 is 0 Å². The molecule has 2 N–H and O–H groups in total. The Morgan fingerprint density at radius 1 is 1.15 bits per heavy atom. The fourth-order valence-electron chi connectivity index (χ4n) is 3.89. The van der Waals surface area contributed by atoms with Crippen molar-refractivity contribution in [1.29, 1.82) is 0 Å². The number of amides is 3. The van der Waals surface area contributed by atoms with Crippen LogP contribution in [-0.4, -0.2) is 40.2 Å². The lowest BCUT2D eigenvalue weighted by atomic mass is 9.73. The van der Waals surface area contributed by atoms with Gasteiger partial charge in [0.2, 0.25) is 0 Å². The minimum absolute atomic E-state index is 0.0205. The summed E-state index contributed by atoms with van der Waals surface area (Å²) in [5.74, 6) is 0.515. The second kappa shape index (κ2) is 6.36. The van der Waals surface area contributed by atoms with Crippen molar-refractivity contribution in [2.75, 3.05) is 18.0 Å². The summed E-state index contributed by atoms with van der Waals surface area (Å²) in [6.45, 7) is 3.39. The third-order valence-electron chi connectivity index (χ3n) is 5.23. The molecule has 2 aromatic heterocycles. The third kappa shape index (κ3) is 2.67. The van der Waals surface area contributed by atoms with Crippen molar-refractivity contribution in [2.24, 2.45) is 5.92 Å². The van der Waals surface area contributed by atoms with Gasteiger partial charge in [0.05, 0.1) is 5.69 Å². The van der Waals surface area contributed by atoms with Crippen molar-refractivity contribution < 1.29 is 9.59 Å². The van der Waals surface area contributed by atoms with Crippen molar-refractivity contribution in [3.63, 3.8) is 0 Å². The smallest absolute Gasteiger partial charge is 0.322 e. The lowest BCUT2D eigenvalue weighted by Crippen LogP contribution is -2.53. The monoisotopic (exact) mass is 352 g/mol. The molecule has 8 nitrogen and oxygen atoms in total. The number of nitrogens with zero attached hydrogens (tertiary/aromatic N) is 4. The van der Waals surface area contributed by atoms with Crippen molar-refractivity contribution >= 4 is 17.8 Å². The van der Waals surface area contributed by atoms with Crippen molar-refractivity contribution in [3.05, 3.63) is 47.9 Å². The van der Waals surface area contributed by atoms with Gasteiger partial charge in [0.1, 0.15) is 0 Å². The maximum Gasteiger partial charge on any atom is 0.322 e. The number of carbonyl (C=O) groups is 2. The SMILES string of the molecule is Cc1ccc(N2CCC(C3(c4cccnc4)NC(=O)NC3=O)CC2)nn1. The highest BCUT2D eigenvalue weighted by Crippen LogP contribution is 2.39. The number of anilines is 1. The van der Waals surface area contributed by atoms with Gasteiger partial charge < -0.3 is 10.2 Å². The Bertz CT molecular complexity index is 817. The molecule has 0 bridgehead atoms. The number of aryl methyl sites for hydroxylation is 1. The molecule has 2 saturated heterocycles. The molecule has 0 saturated carbocycles. The van der Waals surface area contributed by atoms with E-state index in [0.717, 1.165) is 43.0 Å². The molecular formula is C18H20N6O2. The van der Waals surface area contributed by atoms with E-state index in [4.69, 9.17) is 0 Å². The summed E-state index contributed by atoms with van der Waals surface area (Å²) in [7, 11) is 0. The number of hydrogen-bond acceptors (Lipinski definition) is 6. The van der Waals surface area contributed by atoms with Crippen molar-refractivity contribution in [3.8, 4) is 0 Å². The summed E-state index contributed by atoms with van der Waals surface area (Å²) in [5.41, 5.74) is 0.539. The number of imide groups is 1. The molecule has 4 heterocycles. The highest BCUT2D eigenvalue weighted by atomic mass is 16.2. The quantitative estimate of drug-likeness (QED) is 0.804. The first-order valence-electron chi connectivity index (χ1n) is 8.69. The Morgan fingerprint density at radius 3 is 2.54 bits per heavy atom. The molecule has 2 aliphatic heterocycles. The van der Waals surface area contributed by atoms with Crippen LogP contribution in [0.15, 0.2) is 36.7 Å². The highest BCUT2D eigenvalue weighted by Gasteiger charge is 2.53. The van der Waals surface area contributed by atoms with Crippen molar-refractivity contribution in [1.82, 2.24) is 25.8 Å². The number of aromatic nitrogens is 3. The first-order chi connectivity index (χ1) is 12.6. The van der Waals surface area contributed by atoms with Gasteiger partial charge >= 0.3 is 6.03 Å². The average molecular weight is 352 g/mol. The Kier molecular flexibility index (Phi) is 4.02. The largest absolute Gasteiger partial charge is 0.355 e. The summed E-state index contributed by atoms with van der Waals surface area (Å²) >= 11 is 0. The summed E-state index contributed by atoms with van der Waals surface area (Å²) < 4.78 is 0. The van der Waals surface area contributed by atoms with Crippen LogP contribution in [0.3, 0.4) is 0 Å². The fourth-order valence-corrected chi connectivity index (χ4v) is 3.89. The summed E-state index contributed by atoms with van der Waals surface area (Å²) in [6.07, 6.45) is 4.81. The second-order valence-electron chi connectivity index (χ2n) is 6.75. The first-order valence-corrected chi connectivity index (χ1v) is 8.69. The van der Waals surface area contributed by atoms with Gasteiger partial charge in [0, 0.05) is 31.0 Å². The van der Waals surface area contributed by atoms with E-state index < -0.39 is 11.6 Å². The molecule has 0 aliphatic carbocycles. The number of pyridine rings is 1. The van der Waals surface area contributed by atoms with E-state index in [0.29, 0.717) is 0 Å². The van der Waals surface area contributed by atoms with Gasteiger partial charge in [-0.05, 0) is 43.9 Å².